The molecule has 0 spiro atoms. The minimum absolute atomic E-state index is 0. The van der Waals surface area contributed by atoms with Crippen LogP contribution in [0.3, 0.4) is 0 Å². The maximum Gasteiger partial charge on any atom is -0.0169 e. The van der Waals surface area contributed by atoms with E-state index in [2.05, 4.69) is 137 Å². The molecule has 0 heterocycles. The molecule has 0 nitrogen and oxygen atoms in total. The number of allylic oxidation sites excluding steroid dienone is 9. The van der Waals surface area contributed by atoms with Crippen molar-refractivity contribution in [2.75, 3.05) is 0 Å². The lowest BCUT2D eigenvalue weighted by molar-refractivity contribution is 0.431. The van der Waals surface area contributed by atoms with E-state index in [1.807, 2.05) is 27.7 Å². The van der Waals surface area contributed by atoms with Gasteiger partial charge in [0.15, 0.2) is 0 Å². The van der Waals surface area contributed by atoms with E-state index in [0.29, 0.717) is 0 Å². The van der Waals surface area contributed by atoms with Gasteiger partial charge in [0.1, 0.15) is 0 Å². The molecule has 0 fully saturated rings. The SMILES string of the molecule is C.C.C=C.C=C.C=C(C)CCCC.CC.CC.CC(C)C.CCCCC/C=C\C/C=C\CCCCCCCCC(C)CCCCCCCC/C=C\C/C=C\CCCCC. The van der Waals surface area contributed by atoms with Crippen LogP contribution >= 0.6 is 0 Å². The molecule has 0 unspecified atom stereocenters. The predicted molar refractivity (Wildman–Crippen MR) is 291 cm³/mol. The Morgan fingerprint density at radius 1 is 0.390 bits per heavy atom. The molecule has 0 N–H and O–H groups in total. The van der Waals surface area contributed by atoms with Crippen LogP contribution in [0.25, 0.3) is 0 Å². The van der Waals surface area contributed by atoms with Gasteiger partial charge < -0.3 is 0 Å². The average Bonchev–Trinajstić information content (AvgIpc) is 3.22. The Morgan fingerprint density at radius 2 is 0.627 bits per heavy atom. The van der Waals surface area contributed by atoms with Crippen molar-refractivity contribution >= 4 is 0 Å². The van der Waals surface area contributed by atoms with Crippen LogP contribution in [0.5, 0.6) is 0 Å². The number of hydrogen-bond acceptors (Lipinski definition) is 0. The summed E-state index contributed by atoms with van der Waals surface area (Å²) in [6, 6.07) is 0. The van der Waals surface area contributed by atoms with Crippen molar-refractivity contribution in [3.8, 4) is 0 Å². The van der Waals surface area contributed by atoms with Crippen molar-refractivity contribution in [1.82, 2.24) is 0 Å². The number of unbranched alkanes of at least 4 members (excludes halogenated alkanes) is 19. The van der Waals surface area contributed by atoms with Gasteiger partial charge in [0.2, 0.25) is 0 Å². The van der Waals surface area contributed by atoms with E-state index in [9.17, 15) is 0 Å². The van der Waals surface area contributed by atoms with Gasteiger partial charge in [0.25, 0.3) is 0 Å². The summed E-state index contributed by atoms with van der Waals surface area (Å²) in [6.45, 7) is 41.6. The first kappa shape index (κ1) is 77.7. The summed E-state index contributed by atoms with van der Waals surface area (Å²) >= 11 is 0. The Kier molecular flexibility index (Phi) is 115. The molecule has 0 amide bonds. The maximum absolute atomic E-state index is 3.79. The summed E-state index contributed by atoms with van der Waals surface area (Å²) in [5, 5.41) is 0. The topological polar surface area (TPSA) is 0 Å². The lowest BCUT2D eigenvalue weighted by atomic mass is 9.96. The van der Waals surface area contributed by atoms with Crippen LogP contribution in [0.1, 0.15) is 284 Å². The van der Waals surface area contributed by atoms with Crippen LogP contribution in [0, 0.1) is 11.8 Å². The zero-order valence-corrected chi connectivity index (χ0v) is 42.3. The minimum atomic E-state index is 0. The molecule has 0 aliphatic carbocycles. The molecule has 0 aliphatic rings. The number of rotatable bonds is 33. The monoisotopic (exact) mass is 831 g/mol. The minimum Gasteiger partial charge on any atom is -0.106 e. The van der Waals surface area contributed by atoms with Crippen LogP contribution in [-0.2, 0) is 0 Å². The Balaban J connectivity index is -0.000000143. The first-order valence-corrected chi connectivity index (χ1v) is 25.1. The highest BCUT2D eigenvalue weighted by atomic mass is 14.1. The third-order valence-corrected chi connectivity index (χ3v) is 8.75. The molecule has 0 aromatic heterocycles. The quantitative estimate of drug-likeness (QED) is 0.0457. The lowest BCUT2D eigenvalue weighted by Crippen LogP contribution is -1.95. The molecule has 0 radical (unpaired) electrons. The van der Waals surface area contributed by atoms with Crippen molar-refractivity contribution in [3.63, 3.8) is 0 Å². The van der Waals surface area contributed by atoms with Crippen LogP contribution in [0.2, 0.25) is 0 Å². The van der Waals surface area contributed by atoms with Crippen molar-refractivity contribution in [1.29, 1.82) is 0 Å². The third kappa shape index (κ3) is 113. The van der Waals surface area contributed by atoms with Gasteiger partial charge in [-0.3, -0.25) is 0 Å². The second-order valence-electron chi connectivity index (χ2n) is 15.6. The van der Waals surface area contributed by atoms with Gasteiger partial charge in [-0.1, -0.05) is 254 Å². The van der Waals surface area contributed by atoms with E-state index < -0.39 is 0 Å². The third-order valence-electron chi connectivity index (χ3n) is 8.75. The van der Waals surface area contributed by atoms with Crippen molar-refractivity contribution in [2.45, 2.75) is 284 Å². The Bertz CT molecular complexity index is 678. The summed E-state index contributed by atoms with van der Waals surface area (Å²) in [5.74, 6) is 1.77. The Morgan fingerprint density at radius 3 is 0.864 bits per heavy atom. The fourth-order valence-corrected chi connectivity index (χ4v) is 5.58. The van der Waals surface area contributed by atoms with Crippen molar-refractivity contribution in [2.24, 2.45) is 11.8 Å². The van der Waals surface area contributed by atoms with Gasteiger partial charge in [-0.15, -0.1) is 32.9 Å². The molecule has 0 aromatic rings. The highest BCUT2D eigenvalue weighted by Gasteiger charge is 2.02. The van der Waals surface area contributed by atoms with E-state index in [4.69, 9.17) is 0 Å². The van der Waals surface area contributed by atoms with Gasteiger partial charge >= 0.3 is 0 Å². The molecular formula is C59H122. The lowest BCUT2D eigenvalue weighted by Gasteiger charge is -2.11. The van der Waals surface area contributed by atoms with Crippen LogP contribution in [-0.4, -0.2) is 0 Å². The zero-order valence-electron chi connectivity index (χ0n) is 42.3. The van der Waals surface area contributed by atoms with Gasteiger partial charge in [-0.2, -0.15) is 0 Å². The van der Waals surface area contributed by atoms with Crippen molar-refractivity contribution in [3.05, 3.63) is 87.1 Å². The molecule has 59 heavy (non-hydrogen) atoms. The molecule has 0 saturated heterocycles. The standard InChI is InChI=1S/C38H70.C7H14.C4H10.2C2H6.2C2H4.2CH4/c1-4-6-8-10-12-14-16-18-20-22-24-26-28-30-32-34-36-38(3)37-35-33-31-29-27-25-23-21-19-17-15-13-11-9-7-5-2;1-4-5-6-7(2)3;1-4(2)3;4*1-2;;/h12-15,18-21,38H,4-11,16-17,22-37H2,1-3H3;2,4-6H2,1,3H3;4H,1-3H3;2*1-2H3;2*1-2H2;2*1H4/b14-12-,15-13-,20-18-,21-19-;;;;;;;;. The largest absolute Gasteiger partial charge is 0.106 e. The molecule has 0 saturated carbocycles. The molecule has 358 valence electrons. The highest BCUT2D eigenvalue weighted by molar-refractivity contribution is 4.93. The fraction of sp³-hybridized carbons (Fsp3) is 0.763. The molecule has 0 aliphatic heterocycles. The maximum atomic E-state index is 3.79. The van der Waals surface area contributed by atoms with Gasteiger partial charge in [-0.25, -0.2) is 0 Å². The molecule has 0 rings (SSSR count). The molecule has 0 aromatic carbocycles. The van der Waals surface area contributed by atoms with E-state index in [0.717, 1.165) is 24.7 Å². The highest BCUT2D eigenvalue weighted by Crippen LogP contribution is 2.19. The van der Waals surface area contributed by atoms with E-state index in [1.165, 1.54) is 179 Å². The average molecular weight is 832 g/mol. The summed E-state index contributed by atoms with van der Waals surface area (Å²) in [6.07, 6.45) is 58.2. The zero-order chi connectivity index (χ0) is 44.9. The Labute approximate surface area is 381 Å². The van der Waals surface area contributed by atoms with Gasteiger partial charge in [-0.05, 0) is 95.8 Å². The van der Waals surface area contributed by atoms with Gasteiger partial charge in [0, 0.05) is 0 Å². The first-order chi connectivity index (χ1) is 27.8. The molecule has 0 heteroatoms. The summed E-state index contributed by atoms with van der Waals surface area (Å²) in [5.41, 5.74) is 1.31. The predicted octanol–water partition coefficient (Wildman–Crippen LogP) is 23.4. The number of hydrogen-bond donors (Lipinski definition) is 0. The second kappa shape index (κ2) is 87.6. The van der Waals surface area contributed by atoms with E-state index >= 15 is 0 Å². The fourth-order valence-electron chi connectivity index (χ4n) is 5.58. The first-order valence-electron chi connectivity index (χ1n) is 25.1. The van der Waals surface area contributed by atoms with E-state index in [1.54, 1.807) is 0 Å². The van der Waals surface area contributed by atoms with E-state index in [-0.39, 0.29) is 14.9 Å². The molecular weight excluding hydrogens is 709 g/mol. The van der Waals surface area contributed by atoms with Crippen LogP contribution in [0.15, 0.2) is 87.1 Å². The van der Waals surface area contributed by atoms with Crippen molar-refractivity contribution < 1.29 is 0 Å². The summed E-state index contributed by atoms with van der Waals surface area (Å²) < 4.78 is 0. The summed E-state index contributed by atoms with van der Waals surface area (Å²) in [7, 11) is 0. The normalized spacial score (nSPS) is 10.1. The van der Waals surface area contributed by atoms with Crippen LogP contribution < -0.4 is 0 Å². The van der Waals surface area contributed by atoms with Crippen LogP contribution in [0.4, 0.5) is 0 Å². The second-order valence-corrected chi connectivity index (χ2v) is 15.6. The van der Waals surface area contributed by atoms with Gasteiger partial charge in [0.05, 0.1) is 0 Å². The molecule has 0 bridgehead atoms. The summed E-state index contributed by atoms with van der Waals surface area (Å²) in [4.78, 5) is 0. The Hall–Kier alpha value is -1.82. The molecule has 0 atom stereocenters. The smallest absolute Gasteiger partial charge is 0.0169 e.